The van der Waals surface area contributed by atoms with Crippen molar-refractivity contribution in [3.63, 3.8) is 0 Å². The molecule has 29 heavy (non-hydrogen) atoms. The maximum absolute atomic E-state index is 12.7. The Morgan fingerprint density at radius 1 is 1.00 bits per heavy atom. The van der Waals surface area contributed by atoms with E-state index in [1.165, 1.54) is 12.4 Å². The molecule has 1 heterocycles. The number of benzene rings is 2. The summed E-state index contributed by atoms with van der Waals surface area (Å²) in [5, 5.41) is 8.80. The SMILES string of the molecule is CCOc1cc(N(Cc2cncnc2)c2ccc(OO)cc2)ccc1OC(F)F. The summed E-state index contributed by atoms with van der Waals surface area (Å²) in [4.78, 5) is 14.2. The topological polar surface area (TPSA) is 76.9 Å². The van der Waals surface area contributed by atoms with Gasteiger partial charge < -0.3 is 19.3 Å². The van der Waals surface area contributed by atoms with Gasteiger partial charge in [-0.3, -0.25) is 0 Å². The fourth-order valence-corrected chi connectivity index (χ4v) is 2.74. The highest BCUT2D eigenvalue weighted by atomic mass is 19.3. The zero-order valence-corrected chi connectivity index (χ0v) is 15.5. The van der Waals surface area contributed by atoms with Crippen molar-refractivity contribution in [2.75, 3.05) is 11.5 Å². The molecule has 7 nitrogen and oxygen atoms in total. The summed E-state index contributed by atoms with van der Waals surface area (Å²) in [5.41, 5.74) is 2.28. The van der Waals surface area contributed by atoms with E-state index in [4.69, 9.17) is 9.99 Å². The molecule has 0 saturated heterocycles. The van der Waals surface area contributed by atoms with Crippen molar-refractivity contribution >= 4 is 11.4 Å². The largest absolute Gasteiger partial charge is 0.490 e. The number of aromatic nitrogens is 2. The van der Waals surface area contributed by atoms with Crippen molar-refractivity contribution in [3.05, 3.63) is 66.7 Å². The number of anilines is 2. The van der Waals surface area contributed by atoms with Crippen molar-refractivity contribution < 1.29 is 28.4 Å². The van der Waals surface area contributed by atoms with Gasteiger partial charge in [-0.1, -0.05) is 0 Å². The van der Waals surface area contributed by atoms with Gasteiger partial charge in [0.2, 0.25) is 0 Å². The van der Waals surface area contributed by atoms with Crippen LogP contribution in [0.3, 0.4) is 0 Å². The molecule has 9 heteroatoms. The zero-order valence-electron chi connectivity index (χ0n) is 15.5. The van der Waals surface area contributed by atoms with Crippen LogP contribution in [0.15, 0.2) is 61.2 Å². The standard InChI is InChI=1S/C20H19F2N3O4/c1-2-27-19-9-16(5-8-18(19)28-20(21)22)25(12-14-10-23-13-24-11-14)15-3-6-17(29-26)7-4-15/h3-11,13,20,26H,2,12H2,1H3. The molecule has 0 fully saturated rings. The van der Waals surface area contributed by atoms with Gasteiger partial charge in [0.05, 0.1) is 13.2 Å². The number of nitrogens with zero attached hydrogens (tertiary/aromatic N) is 3. The smallest absolute Gasteiger partial charge is 0.387 e. The predicted molar refractivity (Wildman–Crippen MR) is 102 cm³/mol. The second kappa shape index (κ2) is 9.65. The molecule has 0 bridgehead atoms. The highest BCUT2D eigenvalue weighted by Gasteiger charge is 2.16. The van der Waals surface area contributed by atoms with Crippen LogP contribution in [0.1, 0.15) is 12.5 Å². The molecule has 0 atom stereocenters. The Labute approximate surface area is 166 Å². The Morgan fingerprint density at radius 2 is 1.69 bits per heavy atom. The molecule has 0 amide bonds. The van der Waals surface area contributed by atoms with Crippen LogP contribution < -0.4 is 19.3 Å². The lowest BCUT2D eigenvalue weighted by Gasteiger charge is -2.26. The molecule has 1 aromatic heterocycles. The minimum absolute atomic E-state index is 0.0439. The lowest BCUT2D eigenvalue weighted by molar-refractivity contribution is -0.137. The predicted octanol–water partition coefficient (Wildman–Crippen LogP) is 4.67. The van der Waals surface area contributed by atoms with E-state index in [0.29, 0.717) is 12.2 Å². The quantitative estimate of drug-likeness (QED) is 0.411. The molecule has 0 aliphatic heterocycles. The average molecular weight is 403 g/mol. The number of hydrogen-bond acceptors (Lipinski definition) is 7. The van der Waals surface area contributed by atoms with Gasteiger partial charge in [0.1, 0.15) is 6.33 Å². The fraction of sp³-hybridized carbons (Fsp3) is 0.200. The van der Waals surface area contributed by atoms with Gasteiger partial charge in [0.15, 0.2) is 17.2 Å². The van der Waals surface area contributed by atoms with Gasteiger partial charge >= 0.3 is 6.61 Å². The van der Waals surface area contributed by atoms with E-state index >= 15 is 0 Å². The molecule has 0 aliphatic rings. The molecule has 152 valence electrons. The molecule has 0 saturated carbocycles. The van der Waals surface area contributed by atoms with Crippen molar-refractivity contribution in [3.8, 4) is 17.2 Å². The summed E-state index contributed by atoms with van der Waals surface area (Å²) >= 11 is 0. The summed E-state index contributed by atoms with van der Waals surface area (Å²) in [6.45, 7) is -0.506. The van der Waals surface area contributed by atoms with Gasteiger partial charge in [0, 0.05) is 35.4 Å². The van der Waals surface area contributed by atoms with Crippen molar-refractivity contribution in [1.82, 2.24) is 9.97 Å². The van der Waals surface area contributed by atoms with E-state index in [2.05, 4.69) is 19.6 Å². The van der Waals surface area contributed by atoms with Crippen LogP contribution in [-0.4, -0.2) is 28.4 Å². The highest BCUT2D eigenvalue weighted by Crippen LogP contribution is 2.37. The minimum Gasteiger partial charge on any atom is -0.490 e. The number of ether oxygens (including phenoxy) is 2. The average Bonchev–Trinajstić information content (AvgIpc) is 2.74. The van der Waals surface area contributed by atoms with Crippen LogP contribution in [0.5, 0.6) is 17.2 Å². The van der Waals surface area contributed by atoms with Crippen molar-refractivity contribution in [2.45, 2.75) is 20.1 Å². The van der Waals surface area contributed by atoms with E-state index < -0.39 is 6.61 Å². The van der Waals surface area contributed by atoms with Crippen LogP contribution in [-0.2, 0) is 6.54 Å². The Bertz CT molecular complexity index is 911. The molecule has 0 radical (unpaired) electrons. The van der Waals surface area contributed by atoms with E-state index in [9.17, 15) is 8.78 Å². The van der Waals surface area contributed by atoms with Crippen LogP contribution in [0.2, 0.25) is 0 Å². The van der Waals surface area contributed by atoms with Gasteiger partial charge in [-0.05, 0) is 43.3 Å². The van der Waals surface area contributed by atoms with Crippen LogP contribution in [0, 0.1) is 0 Å². The first kappa shape index (κ1) is 20.3. The van der Waals surface area contributed by atoms with E-state index in [1.807, 2.05) is 4.90 Å². The van der Waals surface area contributed by atoms with Crippen molar-refractivity contribution in [2.24, 2.45) is 0 Å². The first-order chi connectivity index (χ1) is 14.1. The summed E-state index contributed by atoms with van der Waals surface area (Å²) < 4.78 is 35.4. The first-order valence-corrected chi connectivity index (χ1v) is 8.75. The second-order valence-corrected chi connectivity index (χ2v) is 5.86. The molecule has 0 unspecified atom stereocenters. The summed E-state index contributed by atoms with van der Waals surface area (Å²) in [6.07, 6.45) is 4.80. The van der Waals surface area contributed by atoms with Crippen LogP contribution >= 0.6 is 0 Å². The van der Waals surface area contributed by atoms with E-state index in [-0.39, 0.29) is 23.9 Å². The van der Waals surface area contributed by atoms with Gasteiger partial charge in [0.25, 0.3) is 0 Å². The van der Waals surface area contributed by atoms with Crippen molar-refractivity contribution in [1.29, 1.82) is 0 Å². The summed E-state index contributed by atoms with van der Waals surface area (Å²) in [7, 11) is 0. The highest BCUT2D eigenvalue weighted by molar-refractivity contribution is 5.67. The summed E-state index contributed by atoms with van der Waals surface area (Å²) in [5.74, 6) is 0.444. The molecule has 2 aromatic carbocycles. The number of halogens is 2. The first-order valence-electron chi connectivity index (χ1n) is 8.75. The number of rotatable bonds is 9. The Balaban J connectivity index is 2.01. The molecule has 0 aliphatic carbocycles. The zero-order chi connectivity index (χ0) is 20.6. The Morgan fingerprint density at radius 3 is 2.31 bits per heavy atom. The maximum atomic E-state index is 12.7. The molecule has 3 rings (SSSR count). The summed E-state index contributed by atoms with van der Waals surface area (Å²) in [6, 6.07) is 11.4. The Kier molecular flexibility index (Phi) is 6.75. The Hall–Kier alpha value is -3.46. The second-order valence-electron chi connectivity index (χ2n) is 5.86. The monoisotopic (exact) mass is 403 g/mol. The van der Waals surface area contributed by atoms with E-state index in [0.717, 1.165) is 11.3 Å². The number of hydrogen-bond donors (Lipinski definition) is 1. The lowest BCUT2D eigenvalue weighted by atomic mass is 10.2. The minimum atomic E-state index is -2.95. The normalized spacial score (nSPS) is 10.7. The molecule has 0 spiro atoms. The molecular formula is C20H19F2N3O4. The fourth-order valence-electron chi connectivity index (χ4n) is 2.74. The van der Waals surface area contributed by atoms with Crippen LogP contribution in [0.4, 0.5) is 20.2 Å². The maximum Gasteiger partial charge on any atom is 0.387 e. The van der Waals surface area contributed by atoms with Gasteiger partial charge in [-0.2, -0.15) is 8.78 Å². The van der Waals surface area contributed by atoms with E-state index in [1.54, 1.807) is 55.7 Å². The molecule has 1 N–H and O–H groups in total. The third kappa shape index (κ3) is 5.29. The third-order valence-corrected chi connectivity index (χ3v) is 3.96. The number of alkyl halides is 2. The van der Waals surface area contributed by atoms with Crippen LogP contribution in [0.25, 0.3) is 0 Å². The lowest BCUT2D eigenvalue weighted by Crippen LogP contribution is -2.17. The molecule has 3 aromatic rings. The third-order valence-electron chi connectivity index (χ3n) is 3.96. The van der Waals surface area contributed by atoms with Gasteiger partial charge in [-0.25, -0.2) is 15.2 Å². The molecular weight excluding hydrogens is 384 g/mol. The van der Waals surface area contributed by atoms with Gasteiger partial charge in [-0.15, -0.1) is 0 Å².